The highest BCUT2D eigenvalue weighted by Gasteiger charge is 2.21. The highest BCUT2D eigenvalue weighted by Crippen LogP contribution is 2.44. The quantitative estimate of drug-likeness (QED) is 0.350. The summed E-state index contributed by atoms with van der Waals surface area (Å²) in [4.78, 5) is 4.25. The molecule has 1 aromatic heterocycles. The number of aromatic nitrogens is 1. The van der Waals surface area contributed by atoms with E-state index in [4.69, 9.17) is 15.2 Å². The summed E-state index contributed by atoms with van der Waals surface area (Å²) in [5, 5.41) is 9.87. The van der Waals surface area contributed by atoms with Crippen LogP contribution in [0.25, 0.3) is 22.3 Å². The Bertz CT molecular complexity index is 1290. The minimum absolute atomic E-state index is 0.178. The van der Waals surface area contributed by atoms with Crippen molar-refractivity contribution in [2.75, 3.05) is 12.8 Å². The molecule has 0 aliphatic carbocycles. The molecule has 0 radical (unpaired) electrons. The molecule has 6 heteroatoms. The number of nitrogens with zero attached hydrogens (tertiary/aromatic N) is 2. The first-order valence-electron chi connectivity index (χ1n) is 9.91. The molecule has 0 fully saturated rings. The Morgan fingerprint density at radius 3 is 2.31 bits per heavy atom. The fourth-order valence-electron chi connectivity index (χ4n) is 3.49. The molecule has 5 nitrogen and oxygen atoms in total. The highest BCUT2D eigenvalue weighted by atomic mass is 79.9. The first-order valence-corrected chi connectivity index (χ1v) is 10.7. The molecule has 0 atom stereocenters. The summed E-state index contributed by atoms with van der Waals surface area (Å²) < 4.78 is 12.4. The minimum Gasteiger partial charge on any atom is -0.493 e. The maximum Gasteiger partial charge on any atom is 0.162 e. The zero-order valence-electron chi connectivity index (χ0n) is 17.4. The fourth-order valence-corrected chi connectivity index (χ4v) is 4.01. The standard InChI is InChI=1S/C26H20BrN3O2/c1-31-23-12-19(22(27)13-24(23)32-16-17-8-4-2-5-9-17)25-20(14-28)26(29)30-15-21(25)18-10-6-3-7-11-18/h2-13,15H,16H2,1H3,(H2,29,30). The largest absolute Gasteiger partial charge is 0.493 e. The van der Waals surface area contributed by atoms with E-state index < -0.39 is 0 Å². The van der Waals surface area contributed by atoms with E-state index in [9.17, 15) is 5.26 Å². The van der Waals surface area contributed by atoms with Crippen molar-refractivity contribution in [2.45, 2.75) is 6.61 Å². The smallest absolute Gasteiger partial charge is 0.162 e. The topological polar surface area (TPSA) is 81.2 Å². The number of pyridine rings is 1. The van der Waals surface area contributed by atoms with E-state index in [2.05, 4.69) is 27.0 Å². The molecule has 0 aliphatic rings. The summed E-state index contributed by atoms with van der Waals surface area (Å²) in [6.07, 6.45) is 1.69. The van der Waals surface area contributed by atoms with Crippen molar-refractivity contribution in [1.29, 1.82) is 5.26 Å². The third-order valence-electron chi connectivity index (χ3n) is 5.06. The van der Waals surface area contributed by atoms with Crippen LogP contribution in [0, 0.1) is 11.3 Å². The monoisotopic (exact) mass is 485 g/mol. The molecular weight excluding hydrogens is 466 g/mol. The van der Waals surface area contributed by atoms with Gasteiger partial charge in [-0.25, -0.2) is 4.98 Å². The molecule has 0 spiro atoms. The van der Waals surface area contributed by atoms with E-state index in [1.165, 1.54) is 0 Å². The van der Waals surface area contributed by atoms with Gasteiger partial charge in [-0.05, 0) is 23.3 Å². The van der Waals surface area contributed by atoms with Gasteiger partial charge in [0.25, 0.3) is 0 Å². The third-order valence-corrected chi connectivity index (χ3v) is 5.72. The SMILES string of the molecule is COc1cc(-c2c(-c3ccccc3)cnc(N)c2C#N)c(Br)cc1OCc1ccccc1. The summed E-state index contributed by atoms with van der Waals surface area (Å²) in [7, 11) is 1.59. The first-order chi connectivity index (χ1) is 15.6. The van der Waals surface area contributed by atoms with Gasteiger partial charge in [-0.2, -0.15) is 5.26 Å². The van der Waals surface area contributed by atoms with Crippen LogP contribution in [0.2, 0.25) is 0 Å². The van der Waals surface area contributed by atoms with Crippen molar-refractivity contribution in [1.82, 2.24) is 4.98 Å². The Balaban J connectivity index is 1.83. The van der Waals surface area contributed by atoms with Crippen LogP contribution in [0.1, 0.15) is 11.1 Å². The Morgan fingerprint density at radius 2 is 1.66 bits per heavy atom. The van der Waals surface area contributed by atoms with E-state index >= 15 is 0 Å². The molecule has 0 saturated carbocycles. The van der Waals surface area contributed by atoms with Gasteiger partial charge in [0.15, 0.2) is 11.5 Å². The van der Waals surface area contributed by atoms with E-state index in [-0.39, 0.29) is 5.82 Å². The molecule has 158 valence electrons. The number of benzene rings is 3. The second-order valence-corrected chi connectivity index (χ2v) is 7.90. The zero-order chi connectivity index (χ0) is 22.5. The highest BCUT2D eigenvalue weighted by molar-refractivity contribution is 9.10. The van der Waals surface area contributed by atoms with Crippen LogP contribution in [0.4, 0.5) is 5.82 Å². The number of hydrogen-bond donors (Lipinski definition) is 1. The number of methoxy groups -OCH3 is 1. The summed E-state index contributed by atoms with van der Waals surface area (Å²) >= 11 is 3.66. The molecule has 0 unspecified atom stereocenters. The summed E-state index contributed by atoms with van der Waals surface area (Å²) in [6.45, 7) is 0.407. The van der Waals surface area contributed by atoms with Gasteiger partial charge >= 0.3 is 0 Å². The molecule has 4 aromatic rings. The Hall–Kier alpha value is -3.82. The molecule has 0 aliphatic heterocycles. The molecular formula is C26H20BrN3O2. The number of nitrogens with two attached hydrogens (primary N) is 1. The Kier molecular flexibility index (Phi) is 6.39. The van der Waals surface area contributed by atoms with Gasteiger partial charge in [-0.1, -0.05) is 76.6 Å². The van der Waals surface area contributed by atoms with Gasteiger partial charge in [0, 0.05) is 27.4 Å². The summed E-state index contributed by atoms with van der Waals surface area (Å²) in [6, 6.07) is 25.6. The maximum atomic E-state index is 9.87. The van der Waals surface area contributed by atoms with E-state index in [1.807, 2.05) is 72.8 Å². The van der Waals surface area contributed by atoms with Crippen LogP contribution in [-0.4, -0.2) is 12.1 Å². The number of nitriles is 1. The summed E-state index contributed by atoms with van der Waals surface area (Å²) in [5.74, 6) is 1.32. The Labute approximate surface area is 195 Å². The average Bonchev–Trinajstić information content (AvgIpc) is 2.84. The van der Waals surface area contributed by atoms with E-state index in [1.54, 1.807) is 13.3 Å². The predicted molar refractivity (Wildman–Crippen MR) is 129 cm³/mol. The zero-order valence-corrected chi connectivity index (χ0v) is 19.0. The van der Waals surface area contributed by atoms with Crippen molar-refractivity contribution in [3.05, 3.63) is 94.6 Å². The van der Waals surface area contributed by atoms with Gasteiger partial charge < -0.3 is 15.2 Å². The lowest BCUT2D eigenvalue weighted by atomic mass is 9.92. The second kappa shape index (κ2) is 9.54. The predicted octanol–water partition coefficient (Wildman–Crippen LogP) is 6.22. The first kappa shape index (κ1) is 21.4. The third kappa shape index (κ3) is 4.29. The molecule has 4 rings (SSSR count). The van der Waals surface area contributed by atoms with Gasteiger partial charge in [0.1, 0.15) is 24.1 Å². The summed E-state index contributed by atoms with van der Waals surface area (Å²) in [5.41, 5.74) is 10.6. The average molecular weight is 486 g/mol. The fraction of sp³-hybridized carbons (Fsp3) is 0.0769. The number of hydrogen-bond acceptors (Lipinski definition) is 5. The van der Waals surface area contributed by atoms with E-state index in [0.717, 1.165) is 26.7 Å². The van der Waals surface area contributed by atoms with Crippen molar-refractivity contribution < 1.29 is 9.47 Å². The van der Waals surface area contributed by atoms with E-state index in [0.29, 0.717) is 29.2 Å². The van der Waals surface area contributed by atoms with Crippen LogP contribution in [0.15, 0.2) is 83.5 Å². The number of halogens is 1. The van der Waals surface area contributed by atoms with Gasteiger partial charge in [-0.15, -0.1) is 0 Å². The lowest BCUT2D eigenvalue weighted by molar-refractivity contribution is 0.284. The van der Waals surface area contributed by atoms with Crippen molar-refractivity contribution in [2.24, 2.45) is 0 Å². The van der Waals surface area contributed by atoms with Crippen LogP contribution in [0.3, 0.4) is 0 Å². The molecule has 2 N–H and O–H groups in total. The van der Waals surface area contributed by atoms with Crippen molar-refractivity contribution in [3.8, 4) is 39.8 Å². The maximum absolute atomic E-state index is 9.87. The van der Waals surface area contributed by atoms with Crippen LogP contribution < -0.4 is 15.2 Å². The minimum atomic E-state index is 0.178. The number of anilines is 1. The van der Waals surface area contributed by atoms with Crippen LogP contribution in [0.5, 0.6) is 11.5 Å². The number of nitrogen functional groups attached to an aromatic ring is 1. The van der Waals surface area contributed by atoms with Crippen LogP contribution >= 0.6 is 15.9 Å². The molecule has 0 bridgehead atoms. The molecule has 0 saturated heterocycles. The van der Waals surface area contributed by atoms with Gasteiger partial charge in [-0.3, -0.25) is 0 Å². The lowest BCUT2D eigenvalue weighted by Crippen LogP contribution is -2.02. The Morgan fingerprint density at radius 1 is 0.969 bits per heavy atom. The number of ether oxygens (including phenoxy) is 2. The van der Waals surface area contributed by atoms with Gasteiger partial charge in [0.05, 0.1) is 7.11 Å². The molecule has 3 aromatic carbocycles. The molecule has 0 amide bonds. The lowest BCUT2D eigenvalue weighted by Gasteiger charge is -2.18. The van der Waals surface area contributed by atoms with Crippen molar-refractivity contribution in [3.63, 3.8) is 0 Å². The van der Waals surface area contributed by atoms with Crippen molar-refractivity contribution >= 4 is 21.7 Å². The van der Waals surface area contributed by atoms with Crippen LogP contribution in [-0.2, 0) is 6.61 Å². The van der Waals surface area contributed by atoms with Gasteiger partial charge in [0.2, 0.25) is 0 Å². The number of rotatable bonds is 6. The molecule has 1 heterocycles. The molecule has 32 heavy (non-hydrogen) atoms. The second-order valence-electron chi connectivity index (χ2n) is 7.04. The normalized spacial score (nSPS) is 10.4.